The summed E-state index contributed by atoms with van der Waals surface area (Å²) < 4.78 is 5.57. The molecule has 2 heterocycles. The summed E-state index contributed by atoms with van der Waals surface area (Å²) in [6, 6.07) is 3.33. The van der Waals surface area contributed by atoms with E-state index in [-0.39, 0.29) is 0 Å². The maximum atomic E-state index is 5.57. The zero-order chi connectivity index (χ0) is 12.5. The Morgan fingerprint density at radius 1 is 1.39 bits per heavy atom. The first-order chi connectivity index (χ1) is 8.74. The summed E-state index contributed by atoms with van der Waals surface area (Å²) in [5.41, 5.74) is 1.41. The van der Waals surface area contributed by atoms with Gasteiger partial charge in [-0.05, 0) is 44.8 Å². The van der Waals surface area contributed by atoms with E-state index >= 15 is 0 Å². The molecule has 1 saturated heterocycles. The van der Waals surface area contributed by atoms with Crippen molar-refractivity contribution in [3.05, 3.63) is 23.7 Å². The lowest BCUT2D eigenvalue weighted by molar-refractivity contribution is 0.162. The van der Waals surface area contributed by atoms with Crippen LogP contribution in [0.1, 0.15) is 43.6 Å². The van der Waals surface area contributed by atoms with Crippen molar-refractivity contribution in [1.82, 2.24) is 10.2 Å². The van der Waals surface area contributed by atoms with Crippen molar-refractivity contribution in [3.63, 3.8) is 0 Å². The minimum atomic E-state index is 0.517. The predicted octanol–water partition coefficient (Wildman–Crippen LogP) is 2.59. The summed E-state index contributed by atoms with van der Waals surface area (Å²) in [6.45, 7) is 4.79. The molecule has 0 spiro atoms. The molecular weight excluding hydrogens is 224 g/mol. The molecule has 100 valence electrons. The molecule has 0 saturated carbocycles. The maximum absolute atomic E-state index is 5.57. The predicted molar refractivity (Wildman–Crippen MR) is 72.6 cm³/mol. The second kappa shape index (κ2) is 5.06. The van der Waals surface area contributed by atoms with Crippen LogP contribution in [0.4, 0.5) is 0 Å². The molecule has 0 bridgehead atoms. The molecule has 3 heteroatoms. The Morgan fingerprint density at radius 3 is 3.11 bits per heavy atom. The minimum Gasteiger partial charge on any atom is -0.469 e. The highest BCUT2D eigenvalue weighted by Crippen LogP contribution is 2.32. The van der Waals surface area contributed by atoms with Gasteiger partial charge in [0.05, 0.1) is 6.26 Å². The van der Waals surface area contributed by atoms with Crippen LogP contribution in [0.5, 0.6) is 0 Å². The van der Waals surface area contributed by atoms with Crippen molar-refractivity contribution in [2.45, 2.75) is 44.7 Å². The minimum absolute atomic E-state index is 0.517. The van der Waals surface area contributed by atoms with E-state index in [1.54, 1.807) is 0 Å². The third-order valence-electron chi connectivity index (χ3n) is 4.58. The van der Waals surface area contributed by atoms with Crippen LogP contribution < -0.4 is 5.32 Å². The molecule has 1 aliphatic heterocycles. The Balaban J connectivity index is 1.67. The zero-order valence-corrected chi connectivity index (χ0v) is 11.5. The number of fused-ring (bicyclic) bond motifs is 1. The largest absolute Gasteiger partial charge is 0.469 e. The Hall–Kier alpha value is -0.800. The molecule has 18 heavy (non-hydrogen) atoms. The molecule has 2 aliphatic rings. The molecule has 3 rings (SSSR count). The van der Waals surface area contributed by atoms with Crippen molar-refractivity contribution < 1.29 is 4.42 Å². The van der Waals surface area contributed by atoms with Crippen molar-refractivity contribution in [1.29, 1.82) is 0 Å². The molecule has 0 aromatic carbocycles. The lowest BCUT2D eigenvalue weighted by Gasteiger charge is -2.38. The van der Waals surface area contributed by atoms with E-state index in [4.69, 9.17) is 4.42 Å². The van der Waals surface area contributed by atoms with Gasteiger partial charge < -0.3 is 14.6 Å². The van der Waals surface area contributed by atoms with Crippen LogP contribution in [0.15, 0.2) is 16.7 Å². The number of rotatable bonds is 2. The first-order valence-corrected chi connectivity index (χ1v) is 7.25. The molecule has 0 amide bonds. The van der Waals surface area contributed by atoms with Crippen LogP contribution in [0.2, 0.25) is 0 Å². The van der Waals surface area contributed by atoms with E-state index in [2.05, 4.69) is 30.3 Å². The van der Waals surface area contributed by atoms with E-state index in [1.165, 1.54) is 43.7 Å². The van der Waals surface area contributed by atoms with Crippen LogP contribution in [-0.4, -0.2) is 31.1 Å². The summed E-state index contributed by atoms with van der Waals surface area (Å²) in [7, 11) is 2.22. The van der Waals surface area contributed by atoms with Gasteiger partial charge in [-0.2, -0.15) is 0 Å². The van der Waals surface area contributed by atoms with E-state index < -0.39 is 0 Å². The second-order valence-electron chi connectivity index (χ2n) is 6.05. The average molecular weight is 248 g/mol. The number of nitrogens with one attached hydrogen (secondary N) is 1. The third-order valence-corrected chi connectivity index (χ3v) is 4.58. The molecule has 0 radical (unpaired) electrons. The van der Waals surface area contributed by atoms with Gasteiger partial charge in [-0.15, -0.1) is 0 Å². The number of hydrogen-bond donors (Lipinski definition) is 1. The molecule has 1 fully saturated rings. The number of nitrogens with zero attached hydrogens (tertiary/aromatic N) is 1. The SMILES string of the molecule is CC1CN(C)CCC1NC1CCCc2occc21. The standard InChI is InChI=1S/C15H24N2O/c1-11-10-17(2)8-6-13(11)16-14-4-3-5-15-12(14)7-9-18-15/h7,9,11,13-14,16H,3-6,8,10H2,1-2H3. The quantitative estimate of drug-likeness (QED) is 0.872. The van der Waals surface area contributed by atoms with Gasteiger partial charge in [0.15, 0.2) is 0 Å². The first-order valence-electron chi connectivity index (χ1n) is 7.25. The van der Waals surface area contributed by atoms with Gasteiger partial charge in [-0.25, -0.2) is 0 Å². The van der Waals surface area contributed by atoms with Gasteiger partial charge in [-0.3, -0.25) is 0 Å². The Labute approximate surface area is 110 Å². The summed E-state index contributed by atoms with van der Waals surface area (Å²) in [4.78, 5) is 2.44. The van der Waals surface area contributed by atoms with Crippen molar-refractivity contribution >= 4 is 0 Å². The molecule has 3 nitrogen and oxygen atoms in total. The van der Waals surface area contributed by atoms with Gasteiger partial charge in [0.25, 0.3) is 0 Å². The number of hydrogen-bond acceptors (Lipinski definition) is 3. The fraction of sp³-hybridized carbons (Fsp3) is 0.733. The van der Waals surface area contributed by atoms with Crippen LogP contribution in [0.25, 0.3) is 0 Å². The van der Waals surface area contributed by atoms with E-state index in [1.807, 2.05) is 6.26 Å². The Bertz CT molecular complexity index is 401. The topological polar surface area (TPSA) is 28.4 Å². The molecular formula is C15H24N2O. The Kier molecular flexibility index (Phi) is 3.44. The van der Waals surface area contributed by atoms with Crippen LogP contribution in [0, 0.1) is 5.92 Å². The fourth-order valence-corrected chi connectivity index (χ4v) is 3.52. The average Bonchev–Trinajstić information content (AvgIpc) is 2.82. The number of piperidine rings is 1. The molecule has 1 aromatic heterocycles. The molecule has 1 aromatic rings. The van der Waals surface area contributed by atoms with Crippen molar-refractivity contribution in [2.75, 3.05) is 20.1 Å². The van der Waals surface area contributed by atoms with Gasteiger partial charge in [0.2, 0.25) is 0 Å². The zero-order valence-electron chi connectivity index (χ0n) is 11.5. The van der Waals surface area contributed by atoms with Gasteiger partial charge in [-0.1, -0.05) is 6.92 Å². The van der Waals surface area contributed by atoms with Crippen molar-refractivity contribution in [3.8, 4) is 0 Å². The highest BCUT2D eigenvalue weighted by Gasteiger charge is 2.29. The van der Waals surface area contributed by atoms with E-state index in [0.717, 1.165) is 12.3 Å². The van der Waals surface area contributed by atoms with Gasteiger partial charge in [0, 0.05) is 30.6 Å². The Morgan fingerprint density at radius 2 is 2.28 bits per heavy atom. The fourth-order valence-electron chi connectivity index (χ4n) is 3.52. The molecule has 1 aliphatic carbocycles. The lowest BCUT2D eigenvalue weighted by atomic mass is 9.89. The van der Waals surface area contributed by atoms with Gasteiger partial charge in [0.1, 0.15) is 5.76 Å². The normalized spacial score (nSPS) is 33.3. The summed E-state index contributed by atoms with van der Waals surface area (Å²) in [5.74, 6) is 1.94. The number of furan rings is 1. The third kappa shape index (κ3) is 2.34. The first kappa shape index (κ1) is 12.2. The maximum Gasteiger partial charge on any atom is 0.108 e. The van der Waals surface area contributed by atoms with E-state index in [9.17, 15) is 0 Å². The lowest BCUT2D eigenvalue weighted by Crippen LogP contribution is -2.48. The van der Waals surface area contributed by atoms with Crippen LogP contribution in [-0.2, 0) is 6.42 Å². The highest BCUT2D eigenvalue weighted by atomic mass is 16.3. The smallest absolute Gasteiger partial charge is 0.108 e. The van der Waals surface area contributed by atoms with Crippen molar-refractivity contribution in [2.24, 2.45) is 5.92 Å². The monoisotopic (exact) mass is 248 g/mol. The second-order valence-corrected chi connectivity index (χ2v) is 6.05. The summed E-state index contributed by atoms with van der Waals surface area (Å²) in [5, 5.41) is 3.88. The van der Waals surface area contributed by atoms with Gasteiger partial charge >= 0.3 is 0 Å². The summed E-state index contributed by atoms with van der Waals surface area (Å²) >= 11 is 0. The molecule has 3 unspecified atom stereocenters. The van der Waals surface area contributed by atoms with Crippen LogP contribution in [0.3, 0.4) is 0 Å². The molecule has 3 atom stereocenters. The highest BCUT2D eigenvalue weighted by molar-refractivity contribution is 5.24. The molecule has 1 N–H and O–H groups in total. The number of aryl methyl sites for hydroxylation is 1. The summed E-state index contributed by atoms with van der Waals surface area (Å²) in [6.07, 6.45) is 6.73. The van der Waals surface area contributed by atoms with Crippen LogP contribution >= 0.6 is 0 Å². The number of likely N-dealkylation sites (tertiary alicyclic amines) is 1. The van der Waals surface area contributed by atoms with E-state index in [0.29, 0.717) is 12.1 Å².